The highest BCUT2D eigenvalue weighted by Gasteiger charge is 2.12. The van der Waals surface area contributed by atoms with E-state index >= 15 is 0 Å². The van der Waals surface area contributed by atoms with Crippen LogP contribution in [0.15, 0.2) is 23.3 Å². The van der Waals surface area contributed by atoms with Crippen LogP contribution in [0.3, 0.4) is 0 Å². The number of rotatable bonds is 2. The van der Waals surface area contributed by atoms with Crippen molar-refractivity contribution in [2.75, 3.05) is 0 Å². The summed E-state index contributed by atoms with van der Waals surface area (Å²) in [4.78, 5) is 0. The van der Waals surface area contributed by atoms with Gasteiger partial charge in [-0.05, 0) is 26.2 Å². The summed E-state index contributed by atoms with van der Waals surface area (Å²) in [6.07, 6.45) is 8.31. The van der Waals surface area contributed by atoms with E-state index in [1.807, 2.05) is 0 Å². The number of hydrogen-bond acceptors (Lipinski definition) is 0. The van der Waals surface area contributed by atoms with E-state index in [9.17, 15) is 0 Å². The van der Waals surface area contributed by atoms with E-state index in [0.29, 0.717) is 0 Å². The number of allylic oxidation sites excluding steroid dienone is 4. The molecule has 0 aromatic heterocycles. The van der Waals surface area contributed by atoms with Gasteiger partial charge in [0.1, 0.15) is 0 Å². The molecule has 0 spiro atoms. The second-order valence-electron chi connectivity index (χ2n) is 2.60. The van der Waals surface area contributed by atoms with E-state index in [1.54, 1.807) is 5.57 Å². The lowest BCUT2D eigenvalue weighted by Gasteiger charge is -1.85. The molecule has 0 bridgehead atoms. The molecule has 0 radical (unpaired) electrons. The van der Waals surface area contributed by atoms with Gasteiger partial charge in [-0.3, -0.25) is 0 Å². The summed E-state index contributed by atoms with van der Waals surface area (Å²) in [5.74, 6) is 0. The van der Waals surface area contributed by atoms with Crippen molar-refractivity contribution in [2.45, 2.75) is 33.1 Å². The second-order valence-corrected chi connectivity index (χ2v) is 2.60. The molecule has 0 aromatic carbocycles. The Hall–Kier alpha value is -0.520. The van der Waals surface area contributed by atoms with E-state index in [-0.39, 0.29) is 0 Å². The molecule has 0 aromatic rings. The Morgan fingerprint density at radius 3 is 2.67 bits per heavy atom. The maximum Gasteiger partial charge on any atom is -0.0277 e. The van der Waals surface area contributed by atoms with E-state index in [1.165, 1.54) is 18.4 Å². The summed E-state index contributed by atoms with van der Waals surface area (Å²) in [5, 5.41) is 0. The van der Waals surface area contributed by atoms with E-state index in [0.717, 1.165) is 6.42 Å². The molecule has 0 heteroatoms. The highest BCUT2D eigenvalue weighted by Crippen LogP contribution is 2.31. The topological polar surface area (TPSA) is 0 Å². The third kappa shape index (κ3) is 2.05. The van der Waals surface area contributed by atoms with Gasteiger partial charge in [0.2, 0.25) is 0 Å². The van der Waals surface area contributed by atoms with Crippen LogP contribution in [0, 0.1) is 0 Å². The van der Waals surface area contributed by atoms with E-state index in [2.05, 4.69) is 26.0 Å². The molecule has 9 heavy (non-hydrogen) atoms. The van der Waals surface area contributed by atoms with Crippen LogP contribution >= 0.6 is 0 Å². The predicted molar refractivity (Wildman–Crippen MR) is 41.4 cm³/mol. The van der Waals surface area contributed by atoms with Crippen molar-refractivity contribution < 1.29 is 0 Å². The van der Waals surface area contributed by atoms with Gasteiger partial charge in [-0.25, -0.2) is 0 Å². The van der Waals surface area contributed by atoms with E-state index in [4.69, 9.17) is 0 Å². The zero-order valence-corrected chi connectivity index (χ0v) is 6.28. The minimum Gasteiger partial charge on any atom is -0.0845 e. The molecule has 0 N–H and O–H groups in total. The first kappa shape index (κ1) is 6.60. The first-order valence-electron chi connectivity index (χ1n) is 3.69. The van der Waals surface area contributed by atoms with Gasteiger partial charge in [-0.2, -0.15) is 0 Å². The van der Waals surface area contributed by atoms with Crippen LogP contribution in [0.2, 0.25) is 0 Å². The van der Waals surface area contributed by atoms with Crippen molar-refractivity contribution in [2.24, 2.45) is 0 Å². The molecule has 0 unspecified atom stereocenters. The second kappa shape index (κ2) is 2.86. The summed E-state index contributed by atoms with van der Waals surface area (Å²) in [6.45, 7) is 4.37. The Balaban J connectivity index is 2.43. The molecule has 50 valence electrons. The fourth-order valence-electron chi connectivity index (χ4n) is 0.869. The van der Waals surface area contributed by atoms with Gasteiger partial charge in [-0.1, -0.05) is 30.2 Å². The van der Waals surface area contributed by atoms with Gasteiger partial charge in [-0.15, -0.1) is 0 Å². The average molecular weight is 122 g/mol. The number of hydrogen-bond donors (Lipinski definition) is 0. The van der Waals surface area contributed by atoms with Crippen LogP contribution in [0.5, 0.6) is 0 Å². The third-order valence-electron chi connectivity index (χ3n) is 1.66. The smallest absolute Gasteiger partial charge is 0.0277 e. The zero-order valence-electron chi connectivity index (χ0n) is 6.28. The maximum atomic E-state index is 2.24. The Morgan fingerprint density at radius 1 is 1.56 bits per heavy atom. The highest BCUT2D eigenvalue weighted by molar-refractivity contribution is 5.31. The Kier molecular flexibility index (Phi) is 2.10. The molecule has 0 heterocycles. The van der Waals surface area contributed by atoms with Gasteiger partial charge < -0.3 is 0 Å². The van der Waals surface area contributed by atoms with Crippen LogP contribution in [-0.2, 0) is 0 Å². The molecular weight excluding hydrogens is 108 g/mol. The quantitative estimate of drug-likeness (QED) is 0.528. The molecule has 1 aliphatic carbocycles. The van der Waals surface area contributed by atoms with Crippen LogP contribution in [0.25, 0.3) is 0 Å². The van der Waals surface area contributed by atoms with Gasteiger partial charge >= 0.3 is 0 Å². The molecule has 1 aliphatic rings. The first-order chi connectivity index (χ1) is 4.34. The van der Waals surface area contributed by atoms with Crippen molar-refractivity contribution in [3.05, 3.63) is 23.3 Å². The maximum absolute atomic E-state index is 2.24. The summed E-state index contributed by atoms with van der Waals surface area (Å²) in [7, 11) is 0. The molecule has 0 atom stereocenters. The molecule has 1 rings (SSSR count). The van der Waals surface area contributed by atoms with Gasteiger partial charge in [0.05, 0.1) is 0 Å². The van der Waals surface area contributed by atoms with Crippen molar-refractivity contribution in [1.82, 2.24) is 0 Å². The van der Waals surface area contributed by atoms with Crippen molar-refractivity contribution in [3.63, 3.8) is 0 Å². The molecule has 1 saturated carbocycles. The average Bonchev–Trinajstić information content (AvgIpc) is 2.63. The minimum atomic E-state index is 1.16. The monoisotopic (exact) mass is 122 g/mol. The molecule has 0 aliphatic heterocycles. The fraction of sp³-hybridized carbons (Fsp3) is 0.556. The lowest BCUT2D eigenvalue weighted by Crippen LogP contribution is -1.64. The van der Waals surface area contributed by atoms with Gasteiger partial charge in [0.25, 0.3) is 0 Å². The molecule has 1 fully saturated rings. The molecular formula is C9H14. The van der Waals surface area contributed by atoms with E-state index < -0.39 is 0 Å². The SMILES string of the molecule is CCC=CC(C)=C1CC1. The Morgan fingerprint density at radius 2 is 2.22 bits per heavy atom. The van der Waals surface area contributed by atoms with Gasteiger partial charge in [0.15, 0.2) is 0 Å². The summed E-state index contributed by atoms with van der Waals surface area (Å²) >= 11 is 0. The van der Waals surface area contributed by atoms with Crippen LogP contribution in [0.4, 0.5) is 0 Å². The van der Waals surface area contributed by atoms with Crippen molar-refractivity contribution in [3.8, 4) is 0 Å². The third-order valence-corrected chi connectivity index (χ3v) is 1.66. The van der Waals surface area contributed by atoms with Crippen LogP contribution in [0.1, 0.15) is 33.1 Å². The summed E-state index contributed by atoms with van der Waals surface area (Å²) in [6, 6.07) is 0. The largest absolute Gasteiger partial charge is 0.0845 e. The molecule has 0 saturated heterocycles. The summed E-state index contributed by atoms with van der Waals surface area (Å²) < 4.78 is 0. The lowest BCUT2D eigenvalue weighted by atomic mass is 10.2. The molecule has 0 nitrogen and oxygen atoms in total. The van der Waals surface area contributed by atoms with Crippen molar-refractivity contribution >= 4 is 0 Å². The standard InChI is InChI=1S/C9H14/c1-3-4-5-8(2)9-6-7-9/h4-5H,3,6-7H2,1-2H3. The van der Waals surface area contributed by atoms with Crippen LogP contribution in [-0.4, -0.2) is 0 Å². The normalized spacial score (nSPS) is 16.9. The Labute approximate surface area is 57.3 Å². The highest BCUT2D eigenvalue weighted by atomic mass is 14.2. The summed E-state index contributed by atoms with van der Waals surface area (Å²) in [5.41, 5.74) is 3.15. The lowest BCUT2D eigenvalue weighted by molar-refractivity contribution is 1.22. The van der Waals surface area contributed by atoms with Gasteiger partial charge in [0, 0.05) is 0 Å². The fourth-order valence-corrected chi connectivity index (χ4v) is 0.869. The van der Waals surface area contributed by atoms with Crippen LogP contribution < -0.4 is 0 Å². The zero-order chi connectivity index (χ0) is 6.69. The Bertz CT molecular complexity index is 143. The van der Waals surface area contributed by atoms with Crippen molar-refractivity contribution in [1.29, 1.82) is 0 Å². The first-order valence-corrected chi connectivity index (χ1v) is 3.69. The minimum absolute atomic E-state index is 1.16. The predicted octanol–water partition coefficient (Wildman–Crippen LogP) is 3.06. The molecule has 0 amide bonds.